The van der Waals surface area contributed by atoms with Gasteiger partial charge in [0.15, 0.2) is 0 Å². The number of hydrogen-bond donors (Lipinski definition) is 1. The molecule has 1 atom stereocenters. The molecule has 1 unspecified atom stereocenters. The Morgan fingerprint density at radius 2 is 2.22 bits per heavy atom. The maximum absolute atomic E-state index is 10.8. The SMILES string of the molecule is COc1cc(CSCC(C)CN)cc([N+](=O)[O-])c1. The molecule has 2 N–H and O–H groups in total. The summed E-state index contributed by atoms with van der Waals surface area (Å²) in [5, 5.41) is 10.8. The van der Waals surface area contributed by atoms with Gasteiger partial charge in [-0.15, -0.1) is 0 Å². The normalized spacial score (nSPS) is 12.2. The number of ether oxygens (including phenoxy) is 1. The average Bonchev–Trinajstić information content (AvgIpc) is 2.37. The molecule has 0 radical (unpaired) electrons. The summed E-state index contributed by atoms with van der Waals surface area (Å²) >= 11 is 1.72. The van der Waals surface area contributed by atoms with Crippen LogP contribution in [0.3, 0.4) is 0 Å². The summed E-state index contributed by atoms with van der Waals surface area (Å²) in [5.41, 5.74) is 6.50. The van der Waals surface area contributed by atoms with Gasteiger partial charge in [-0.3, -0.25) is 10.1 Å². The third-order valence-electron chi connectivity index (χ3n) is 2.47. The summed E-state index contributed by atoms with van der Waals surface area (Å²) < 4.78 is 5.06. The molecule has 5 nitrogen and oxygen atoms in total. The number of benzene rings is 1. The molecule has 1 aromatic rings. The van der Waals surface area contributed by atoms with E-state index in [0.717, 1.165) is 17.1 Å². The summed E-state index contributed by atoms with van der Waals surface area (Å²) in [5.74, 6) is 2.64. The first kappa shape index (κ1) is 14.8. The zero-order valence-electron chi connectivity index (χ0n) is 10.6. The van der Waals surface area contributed by atoms with Crippen LogP contribution < -0.4 is 10.5 Å². The second kappa shape index (κ2) is 7.23. The van der Waals surface area contributed by atoms with Crippen LogP contribution in [0.5, 0.6) is 5.75 Å². The number of nitrogens with zero attached hydrogens (tertiary/aromatic N) is 1. The first-order valence-corrected chi connectivity index (χ1v) is 6.82. The molecule has 0 fully saturated rings. The van der Waals surface area contributed by atoms with Crippen LogP contribution in [0, 0.1) is 16.0 Å². The van der Waals surface area contributed by atoms with Crippen LogP contribution in [0.4, 0.5) is 5.69 Å². The molecule has 1 rings (SSSR count). The van der Waals surface area contributed by atoms with Gasteiger partial charge in [0.2, 0.25) is 0 Å². The fraction of sp³-hybridized carbons (Fsp3) is 0.500. The number of nitro groups is 1. The fourth-order valence-electron chi connectivity index (χ4n) is 1.40. The first-order valence-electron chi connectivity index (χ1n) is 5.67. The van der Waals surface area contributed by atoms with Crippen LogP contribution in [-0.4, -0.2) is 24.3 Å². The average molecular weight is 270 g/mol. The van der Waals surface area contributed by atoms with Crippen LogP contribution in [0.1, 0.15) is 12.5 Å². The van der Waals surface area contributed by atoms with Crippen molar-refractivity contribution in [1.82, 2.24) is 0 Å². The number of methoxy groups -OCH3 is 1. The smallest absolute Gasteiger partial charge is 0.273 e. The van der Waals surface area contributed by atoms with Crippen molar-refractivity contribution in [2.75, 3.05) is 19.4 Å². The van der Waals surface area contributed by atoms with Crippen molar-refractivity contribution in [2.24, 2.45) is 11.7 Å². The zero-order valence-corrected chi connectivity index (χ0v) is 11.4. The highest BCUT2D eigenvalue weighted by molar-refractivity contribution is 7.98. The van der Waals surface area contributed by atoms with Crippen molar-refractivity contribution in [3.63, 3.8) is 0 Å². The van der Waals surface area contributed by atoms with Crippen molar-refractivity contribution in [3.05, 3.63) is 33.9 Å². The van der Waals surface area contributed by atoms with Crippen LogP contribution in [0.25, 0.3) is 0 Å². The van der Waals surface area contributed by atoms with Crippen LogP contribution in [0.2, 0.25) is 0 Å². The van der Waals surface area contributed by atoms with E-state index in [0.29, 0.717) is 18.2 Å². The Morgan fingerprint density at radius 1 is 1.50 bits per heavy atom. The second-order valence-corrected chi connectivity index (χ2v) is 5.18. The number of non-ortho nitro benzene ring substituents is 1. The molecule has 0 spiro atoms. The lowest BCUT2D eigenvalue weighted by Crippen LogP contribution is -2.12. The summed E-state index contributed by atoms with van der Waals surface area (Å²) in [6, 6.07) is 4.84. The van der Waals surface area contributed by atoms with Crippen LogP contribution in [0.15, 0.2) is 18.2 Å². The first-order chi connectivity index (χ1) is 8.56. The standard InChI is InChI=1S/C12H18N2O3S/c1-9(6-13)7-18-8-10-3-11(14(15)16)5-12(4-10)17-2/h3-5,9H,6-8,13H2,1-2H3. The van der Waals surface area contributed by atoms with Crippen molar-refractivity contribution in [1.29, 1.82) is 0 Å². The monoisotopic (exact) mass is 270 g/mol. The third kappa shape index (κ3) is 4.54. The molecule has 0 saturated heterocycles. The lowest BCUT2D eigenvalue weighted by Gasteiger charge is -2.08. The second-order valence-electron chi connectivity index (χ2n) is 4.15. The van der Waals surface area contributed by atoms with E-state index in [1.807, 2.05) is 6.07 Å². The number of rotatable bonds is 7. The molecule has 0 aliphatic carbocycles. The molecule has 0 aromatic heterocycles. The largest absolute Gasteiger partial charge is 0.496 e. The molecular weight excluding hydrogens is 252 g/mol. The van der Waals surface area contributed by atoms with E-state index in [2.05, 4.69) is 6.92 Å². The summed E-state index contributed by atoms with van der Waals surface area (Å²) in [4.78, 5) is 10.4. The predicted octanol–water partition coefficient (Wildman–Crippen LogP) is 2.43. The lowest BCUT2D eigenvalue weighted by atomic mass is 10.2. The van der Waals surface area contributed by atoms with E-state index in [1.54, 1.807) is 17.8 Å². The Hall–Kier alpha value is -1.27. The molecule has 0 bridgehead atoms. The quantitative estimate of drug-likeness (QED) is 0.608. The Balaban J connectivity index is 2.69. The minimum absolute atomic E-state index is 0.0665. The zero-order chi connectivity index (χ0) is 13.5. The fourth-order valence-corrected chi connectivity index (χ4v) is 2.45. The molecule has 0 saturated carbocycles. The van der Waals surface area contributed by atoms with Gasteiger partial charge in [-0.25, -0.2) is 0 Å². The van der Waals surface area contributed by atoms with E-state index < -0.39 is 4.92 Å². The van der Waals surface area contributed by atoms with Gasteiger partial charge in [-0.1, -0.05) is 6.92 Å². The van der Waals surface area contributed by atoms with Gasteiger partial charge in [0.1, 0.15) is 5.75 Å². The van der Waals surface area contributed by atoms with Gasteiger partial charge in [-0.05, 0) is 29.8 Å². The van der Waals surface area contributed by atoms with Gasteiger partial charge in [0, 0.05) is 11.8 Å². The molecule has 18 heavy (non-hydrogen) atoms. The van der Waals surface area contributed by atoms with Gasteiger partial charge in [-0.2, -0.15) is 11.8 Å². The topological polar surface area (TPSA) is 78.4 Å². The van der Waals surface area contributed by atoms with Gasteiger partial charge in [0.05, 0.1) is 18.1 Å². The Morgan fingerprint density at radius 3 is 2.78 bits per heavy atom. The maximum Gasteiger partial charge on any atom is 0.273 e. The van der Waals surface area contributed by atoms with E-state index in [1.165, 1.54) is 13.2 Å². The van der Waals surface area contributed by atoms with Crippen molar-refractivity contribution < 1.29 is 9.66 Å². The van der Waals surface area contributed by atoms with Crippen molar-refractivity contribution >= 4 is 17.4 Å². The molecule has 0 heterocycles. The van der Waals surface area contributed by atoms with Gasteiger partial charge >= 0.3 is 0 Å². The van der Waals surface area contributed by atoms with Crippen molar-refractivity contribution in [2.45, 2.75) is 12.7 Å². The van der Waals surface area contributed by atoms with E-state index >= 15 is 0 Å². The summed E-state index contributed by atoms with van der Waals surface area (Å²) in [6.07, 6.45) is 0. The van der Waals surface area contributed by atoms with Crippen LogP contribution >= 0.6 is 11.8 Å². The van der Waals surface area contributed by atoms with E-state index in [-0.39, 0.29) is 5.69 Å². The van der Waals surface area contributed by atoms with Crippen molar-refractivity contribution in [3.8, 4) is 5.75 Å². The number of nitro benzene ring substituents is 1. The molecule has 100 valence electrons. The molecule has 0 amide bonds. The number of nitrogens with two attached hydrogens (primary N) is 1. The van der Waals surface area contributed by atoms with Gasteiger partial charge in [0.25, 0.3) is 5.69 Å². The van der Waals surface area contributed by atoms with Crippen LogP contribution in [-0.2, 0) is 5.75 Å². The molecule has 1 aromatic carbocycles. The minimum atomic E-state index is -0.404. The number of hydrogen-bond acceptors (Lipinski definition) is 5. The Kier molecular flexibility index (Phi) is 5.94. The minimum Gasteiger partial charge on any atom is -0.496 e. The molecule has 0 aliphatic heterocycles. The molecule has 0 aliphatic rings. The maximum atomic E-state index is 10.8. The van der Waals surface area contributed by atoms with E-state index in [4.69, 9.17) is 10.5 Å². The molecular formula is C12H18N2O3S. The highest BCUT2D eigenvalue weighted by atomic mass is 32.2. The Labute approximate surface area is 111 Å². The molecule has 6 heteroatoms. The highest BCUT2D eigenvalue weighted by Gasteiger charge is 2.10. The Bertz CT molecular complexity index is 412. The summed E-state index contributed by atoms with van der Waals surface area (Å²) in [7, 11) is 1.51. The highest BCUT2D eigenvalue weighted by Crippen LogP contribution is 2.25. The van der Waals surface area contributed by atoms with Gasteiger partial charge < -0.3 is 10.5 Å². The number of thioether (sulfide) groups is 1. The summed E-state index contributed by atoms with van der Waals surface area (Å²) in [6.45, 7) is 2.74. The lowest BCUT2D eigenvalue weighted by molar-refractivity contribution is -0.385. The van der Waals surface area contributed by atoms with E-state index in [9.17, 15) is 10.1 Å². The predicted molar refractivity (Wildman–Crippen MR) is 74.0 cm³/mol. The third-order valence-corrected chi connectivity index (χ3v) is 3.81.